The SMILES string of the molecule is O=CC1=C2C=Cc3ccc(OCCCOc4ccc(O)cc4)c4c3C2C(C=C1)C=C4. The van der Waals surface area contributed by atoms with Crippen LogP contribution in [0.15, 0.2) is 71.8 Å². The van der Waals surface area contributed by atoms with Crippen molar-refractivity contribution in [2.45, 2.75) is 12.3 Å². The molecule has 0 bridgehead atoms. The van der Waals surface area contributed by atoms with Crippen molar-refractivity contribution in [3.8, 4) is 17.2 Å². The Hall–Kier alpha value is -3.53. The van der Waals surface area contributed by atoms with Gasteiger partial charge in [0.25, 0.3) is 0 Å². The van der Waals surface area contributed by atoms with Gasteiger partial charge in [0.2, 0.25) is 0 Å². The predicted octanol–water partition coefficient (Wildman–Crippen LogP) is 5.06. The Morgan fingerprint density at radius 1 is 0.900 bits per heavy atom. The Morgan fingerprint density at radius 3 is 2.53 bits per heavy atom. The summed E-state index contributed by atoms with van der Waals surface area (Å²) in [7, 11) is 0. The molecule has 1 N–H and O–H groups in total. The van der Waals surface area contributed by atoms with E-state index in [1.807, 2.05) is 12.1 Å². The van der Waals surface area contributed by atoms with Crippen LogP contribution in [0.2, 0.25) is 0 Å². The fourth-order valence-corrected chi connectivity index (χ4v) is 4.42. The lowest BCUT2D eigenvalue weighted by Gasteiger charge is -2.36. The molecule has 0 aliphatic heterocycles. The second-order valence-corrected chi connectivity index (χ2v) is 7.66. The number of phenols is 1. The van der Waals surface area contributed by atoms with Gasteiger partial charge in [-0.05, 0) is 47.0 Å². The quantitative estimate of drug-likeness (QED) is 0.523. The number of hydrogen-bond acceptors (Lipinski definition) is 4. The van der Waals surface area contributed by atoms with Crippen LogP contribution in [0.1, 0.15) is 29.0 Å². The van der Waals surface area contributed by atoms with Crippen LogP contribution in [0.3, 0.4) is 0 Å². The molecule has 0 aromatic heterocycles. The van der Waals surface area contributed by atoms with Gasteiger partial charge < -0.3 is 14.6 Å². The summed E-state index contributed by atoms with van der Waals surface area (Å²) < 4.78 is 11.8. The Morgan fingerprint density at radius 2 is 1.70 bits per heavy atom. The van der Waals surface area contributed by atoms with E-state index in [1.165, 1.54) is 11.1 Å². The first-order valence-electron chi connectivity index (χ1n) is 10.2. The molecule has 2 aromatic rings. The van der Waals surface area contributed by atoms with Gasteiger partial charge in [0.05, 0.1) is 13.2 Å². The van der Waals surface area contributed by atoms with Crippen LogP contribution in [0.5, 0.6) is 17.2 Å². The van der Waals surface area contributed by atoms with Crippen LogP contribution < -0.4 is 9.47 Å². The van der Waals surface area contributed by atoms with Gasteiger partial charge in [0, 0.05) is 29.4 Å². The van der Waals surface area contributed by atoms with Crippen molar-refractivity contribution in [2.24, 2.45) is 5.92 Å². The van der Waals surface area contributed by atoms with Crippen molar-refractivity contribution in [1.82, 2.24) is 0 Å². The maximum absolute atomic E-state index is 11.5. The van der Waals surface area contributed by atoms with E-state index in [-0.39, 0.29) is 17.6 Å². The highest BCUT2D eigenvalue weighted by molar-refractivity contribution is 5.86. The Labute approximate surface area is 175 Å². The highest BCUT2D eigenvalue weighted by Gasteiger charge is 2.35. The molecule has 0 heterocycles. The van der Waals surface area contributed by atoms with Crippen LogP contribution in [-0.4, -0.2) is 24.6 Å². The lowest BCUT2D eigenvalue weighted by Crippen LogP contribution is -2.23. The van der Waals surface area contributed by atoms with Crippen LogP contribution >= 0.6 is 0 Å². The molecule has 0 saturated heterocycles. The smallest absolute Gasteiger partial charge is 0.150 e. The summed E-state index contributed by atoms with van der Waals surface area (Å²) in [5.41, 5.74) is 5.40. The molecule has 2 aromatic carbocycles. The van der Waals surface area contributed by atoms with Crippen LogP contribution in [-0.2, 0) is 4.79 Å². The molecule has 0 radical (unpaired) electrons. The maximum atomic E-state index is 11.5. The highest BCUT2D eigenvalue weighted by atomic mass is 16.5. The maximum Gasteiger partial charge on any atom is 0.150 e. The number of benzene rings is 2. The van der Waals surface area contributed by atoms with E-state index in [9.17, 15) is 9.90 Å². The van der Waals surface area contributed by atoms with Crippen molar-refractivity contribution < 1.29 is 19.4 Å². The summed E-state index contributed by atoms with van der Waals surface area (Å²) >= 11 is 0. The molecule has 3 aliphatic rings. The Balaban J connectivity index is 1.30. The zero-order valence-electron chi connectivity index (χ0n) is 16.5. The van der Waals surface area contributed by atoms with Crippen molar-refractivity contribution in [2.75, 3.05) is 13.2 Å². The van der Waals surface area contributed by atoms with E-state index >= 15 is 0 Å². The normalized spacial score (nSPS) is 20.1. The van der Waals surface area contributed by atoms with Crippen LogP contribution in [0.25, 0.3) is 12.2 Å². The van der Waals surface area contributed by atoms with Gasteiger partial charge in [-0.15, -0.1) is 0 Å². The summed E-state index contributed by atoms with van der Waals surface area (Å²) in [6.45, 7) is 1.08. The first-order chi connectivity index (χ1) is 14.7. The molecule has 150 valence electrons. The average Bonchev–Trinajstić information content (AvgIpc) is 2.79. The number of allylic oxidation sites excluding steroid dienone is 6. The Bertz CT molecular complexity index is 1100. The standard InChI is InChI=1S/C26H22O4/c27-16-19-3-2-17-5-12-23-24(13-6-18-4-11-22(19)25(17)26(18)23)30-15-1-14-29-21-9-7-20(28)8-10-21/h2-13,16-17,25,28H,1,14-15H2. The number of carbonyl (C=O) groups excluding carboxylic acids is 1. The molecule has 0 saturated carbocycles. The number of phenolic OH excluding ortho intramolecular Hbond substituents is 1. The third-order valence-electron chi connectivity index (χ3n) is 5.85. The summed E-state index contributed by atoms with van der Waals surface area (Å²) in [6, 6.07) is 10.8. The molecule has 2 unspecified atom stereocenters. The summed E-state index contributed by atoms with van der Waals surface area (Å²) in [4.78, 5) is 11.5. The fraction of sp³-hybridized carbons (Fsp3) is 0.192. The summed E-state index contributed by atoms with van der Waals surface area (Å²) in [6.07, 6.45) is 14.3. The average molecular weight is 398 g/mol. The van der Waals surface area contributed by atoms with Crippen molar-refractivity contribution >= 4 is 18.4 Å². The van der Waals surface area contributed by atoms with E-state index in [0.717, 1.165) is 40.9 Å². The second kappa shape index (κ2) is 7.71. The third-order valence-corrected chi connectivity index (χ3v) is 5.85. The van der Waals surface area contributed by atoms with Gasteiger partial charge in [-0.3, -0.25) is 4.79 Å². The minimum Gasteiger partial charge on any atom is -0.508 e. The molecule has 4 heteroatoms. The molecule has 0 fully saturated rings. The predicted molar refractivity (Wildman–Crippen MR) is 117 cm³/mol. The van der Waals surface area contributed by atoms with Gasteiger partial charge in [0.1, 0.15) is 23.5 Å². The molecular weight excluding hydrogens is 376 g/mol. The van der Waals surface area contributed by atoms with Gasteiger partial charge in [0.15, 0.2) is 0 Å². The fourth-order valence-electron chi connectivity index (χ4n) is 4.42. The Kier molecular flexibility index (Phi) is 4.75. The molecule has 5 rings (SSSR count). The van der Waals surface area contributed by atoms with E-state index < -0.39 is 0 Å². The van der Waals surface area contributed by atoms with Crippen molar-refractivity contribution in [3.63, 3.8) is 0 Å². The number of hydrogen-bond donors (Lipinski definition) is 1. The molecule has 4 nitrogen and oxygen atoms in total. The van der Waals surface area contributed by atoms with E-state index in [0.29, 0.717) is 13.2 Å². The molecule has 2 atom stereocenters. The molecule has 3 aliphatic carbocycles. The second-order valence-electron chi connectivity index (χ2n) is 7.66. The number of carbonyl (C=O) groups is 1. The highest BCUT2D eigenvalue weighted by Crippen LogP contribution is 2.50. The molecule has 30 heavy (non-hydrogen) atoms. The first kappa shape index (κ1) is 18.5. The van der Waals surface area contributed by atoms with Gasteiger partial charge in [-0.2, -0.15) is 0 Å². The number of aromatic hydroxyl groups is 1. The van der Waals surface area contributed by atoms with Crippen molar-refractivity contribution in [3.05, 3.63) is 88.5 Å². The van der Waals surface area contributed by atoms with Crippen molar-refractivity contribution in [1.29, 1.82) is 0 Å². The summed E-state index contributed by atoms with van der Waals surface area (Å²) in [5.74, 6) is 2.27. The van der Waals surface area contributed by atoms with Gasteiger partial charge in [-0.1, -0.05) is 42.5 Å². The summed E-state index contributed by atoms with van der Waals surface area (Å²) in [5, 5.41) is 9.32. The molecule has 0 amide bonds. The van der Waals surface area contributed by atoms with Gasteiger partial charge >= 0.3 is 0 Å². The lowest BCUT2D eigenvalue weighted by atomic mass is 9.67. The minimum absolute atomic E-state index is 0.177. The zero-order chi connectivity index (χ0) is 20.5. The third kappa shape index (κ3) is 3.24. The first-order valence-corrected chi connectivity index (χ1v) is 10.2. The lowest BCUT2D eigenvalue weighted by molar-refractivity contribution is -0.104. The largest absolute Gasteiger partial charge is 0.508 e. The monoisotopic (exact) mass is 398 g/mol. The van der Waals surface area contributed by atoms with E-state index in [2.05, 4.69) is 36.4 Å². The number of ether oxygens (including phenoxy) is 2. The number of aldehydes is 1. The minimum atomic E-state index is 0.177. The zero-order valence-corrected chi connectivity index (χ0v) is 16.5. The topological polar surface area (TPSA) is 55.8 Å². The molecule has 0 spiro atoms. The van der Waals surface area contributed by atoms with Gasteiger partial charge in [-0.25, -0.2) is 0 Å². The van der Waals surface area contributed by atoms with E-state index in [1.54, 1.807) is 24.3 Å². The van der Waals surface area contributed by atoms with E-state index in [4.69, 9.17) is 9.47 Å². The van der Waals surface area contributed by atoms with Crippen LogP contribution in [0, 0.1) is 5.92 Å². The number of rotatable bonds is 7. The van der Waals surface area contributed by atoms with Crippen LogP contribution in [0.4, 0.5) is 0 Å². The molecular formula is C26H22O4.